The smallest absolute Gasteiger partial charge is 0.263 e. The first-order chi connectivity index (χ1) is 20.9. The van der Waals surface area contributed by atoms with Crippen LogP contribution in [-0.4, -0.2) is 32.5 Å². The van der Waals surface area contributed by atoms with E-state index < -0.39 is 23.1 Å². The van der Waals surface area contributed by atoms with Crippen LogP contribution in [0, 0.1) is 11.6 Å². The van der Waals surface area contributed by atoms with E-state index in [-0.39, 0.29) is 18.7 Å². The van der Waals surface area contributed by atoms with Gasteiger partial charge in [0.1, 0.15) is 17.7 Å². The molecule has 0 spiro atoms. The Morgan fingerprint density at radius 3 is 2.56 bits per heavy atom. The van der Waals surface area contributed by atoms with Crippen LogP contribution in [0.4, 0.5) is 14.6 Å². The molecule has 0 saturated carbocycles. The second kappa shape index (κ2) is 11.8. The van der Waals surface area contributed by atoms with Crippen molar-refractivity contribution in [2.75, 3.05) is 11.9 Å². The number of fused-ring (bicyclic) bond motifs is 2. The summed E-state index contributed by atoms with van der Waals surface area (Å²) >= 11 is 0. The molecule has 3 aromatic heterocycles. The minimum atomic E-state index is -1.000. The molecule has 6 aromatic rings. The Hall–Kier alpha value is -5.51. The Morgan fingerprint density at radius 2 is 1.70 bits per heavy atom. The second-order valence-corrected chi connectivity index (χ2v) is 10.2. The number of amides is 1. The predicted molar refractivity (Wildman–Crippen MR) is 161 cm³/mol. The number of nitrogens with one attached hydrogen (secondary N) is 1. The largest absolute Gasteiger partial charge is 0.355 e. The average Bonchev–Trinajstić information content (AvgIpc) is 3.02. The van der Waals surface area contributed by atoms with Crippen LogP contribution in [-0.2, 0) is 19.6 Å². The van der Waals surface area contributed by atoms with E-state index in [0.717, 1.165) is 50.9 Å². The minimum absolute atomic E-state index is 0.00654. The van der Waals surface area contributed by atoms with Crippen molar-refractivity contribution in [3.8, 4) is 0 Å². The molecule has 0 bridgehead atoms. The monoisotopic (exact) mass is 576 g/mol. The Kier molecular flexibility index (Phi) is 7.57. The zero-order valence-electron chi connectivity index (χ0n) is 23.2. The predicted octanol–water partition coefficient (Wildman–Crippen LogP) is 5.23. The SMILES string of the molecule is CN(Cc1cccc2ncccc12)c1ncnc2ccc(CNC(=O)c3cccn(Cc4ccc(F)c(F)c4)c3=O)cc12. The van der Waals surface area contributed by atoms with Crippen LogP contribution in [0.1, 0.15) is 27.0 Å². The number of hydrogen-bond acceptors (Lipinski definition) is 6. The molecule has 0 saturated heterocycles. The van der Waals surface area contributed by atoms with Crippen LogP contribution >= 0.6 is 0 Å². The number of halogens is 2. The fourth-order valence-electron chi connectivity index (χ4n) is 5.09. The van der Waals surface area contributed by atoms with Crippen molar-refractivity contribution in [1.82, 2.24) is 24.8 Å². The molecule has 214 valence electrons. The summed E-state index contributed by atoms with van der Waals surface area (Å²) in [6, 6.07) is 22.1. The van der Waals surface area contributed by atoms with Crippen LogP contribution in [0.2, 0.25) is 0 Å². The van der Waals surface area contributed by atoms with Crippen molar-refractivity contribution in [3.05, 3.63) is 142 Å². The van der Waals surface area contributed by atoms with Gasteiger partial charge in [0, 0.05) is 43.3 Å². The lowest BCUT2D eigenvalue weighted by Gasteiger charge is -2.21. The zero-order valence-corrected chi connectivity index (χ0v) is 23.2. The van der Waals surface area contributed by atoms with Gasteiger partial charge in [0.05, 0.1) is 17.6 Å². The minimum Gasteiger partial charge on any atom is -0.355 e. The van der Waals surface area contributed by atoms with Crippen molar-refractivity contribution in [2.24, 2.45) is 0 Å². The van der Waals surface area contributed by atoms with Gasteiger partial charge in [0.25, 0.3) is 11.5 Å². The van der Waals surface area contributed by atoms with E-state index in [9.17, 15) is 18.4 Å². The summed E-state index contributed by atoms with van der Waals surface area (Å²) in [5.41, 5.74) is 3.40. The fourth-order valence-corrected chi connectivity index (χ4v) is 5.09. The number of aromatic nitrogens is 4. The maximum atomic E-state index is 13.6. The zero-order chi connectivity index (χ0) is 29.9. The molecule has 3 heterocycles. The summed E-state index contributed by atoms with van der Waals surface area (Å²) in [7, 11) is 1.96. The number of anilines is 1. The molecule has 0 aliphatic rings. The first-order valence-corrected chi connectivity index (χ1v) is 13.6. The van der Waals surface area contributed by atoms with Gasteiger partial charge >= 0.3 is 0 Å². The van der Waals surface area contributed by atoms with Crippen LogP contribution in [0.5, 0.6) is 0 Å². The molecule has 0 radical (unpaired) electrons. The first kappa shape index (κ1) is 27.6. The molecule has 8 nitrogen and oxygen atoms in total. The summed E-state index contributed by atoms with van der Waals surface area (Å²) in [4.78, 5) is 41.5. The summed E-state index contributed by atoms with van der Waals surface area (Å²) in [6.45, 7) is 0.758. The van der Waals surface area contributed by atoms with Gasteiger partial charge in [-0.05, 0) is 65.2 Å². The van der Waals surface area contributed by atoms with Gasteiger partial charge in [-0.2, -0.15) is 0 Å². The van der Waals surface area contributed by atoms with Gasteiger partial charge in [-0.25, -0.2) is 18.7 Å². The Labute approximate surface area is 245 Å². The highest BCUT2D eigenvalue weighted by Gasteiger charge is 2.15. The topological polar surface area (TPSA) is 93.0 Å². The van der Waals surface area contributed by atoms with Crippen LogP contribution in [0.15, 0.2) is 102 Å². The molecule has 1 amide bonds. The highest BCUT2D eigenvalue weighted by atomic mass is 19.2. The molecule has 0 aliphatic heterocycles. The molecular weight excluding hydrogens is 550 g/mol. The molecule has 43 heavy (non-hydrogen) atoms. The lowest BCUT2D eigenvalue weighted by molar-refractivity contribution is 0.0949. The van der Waals surface area contributed by atoms with E-state index in [1.54, 1.807) is 12.3 Å². The van der Waals surface area contributed by atoms with Gasteiger partial charge in [0.2, 0.25) is 0 Å². The molecule has 0 unspecified atom stereocenters. The number of pyridine rings is 2. The first-order valence-electron chi connectivity index (χ1n) is 13.6. The maximum Gasteiger partial charge on any atom is 0.263 e. The standard InChI is InChI=1S/C33H26F2N6O2/c1-40(19-23-5-2-8-29-24(23)6-3-13-36-29)31-26-15-21(10-12-30(26)38-20-39-31)17-37-32(42)25-7-4-14-41(33(25)43)18-22-9-11-27(34)28(35)16-22/h2-16,20H,17-19H2,1H3,(H,37,42). The maximum absolute atomic E-state index is 13.6. The molecular formula is C33H26F2N6O2. The van der Waals surface area contributed by atoms with Crippen LogP contribution < -0.4 is 15.8 Å². The quantitative estimate of drug-likeness (QED) is 0.267. The fraction of sp³-hybridized carbons (Fsp3) is 0.121. The number of carbonyl (C=O) groups is 1. The number of carbonyl (C=O) groups excluding carboxylic acids is 1. The number of nitrogens with zero attached hydrogens (tertiary/aromatic N) is 5. The number of rotatable bonds is 8. The normalized spacial score (nSPS) is 11.1. The van der Waals surface area contributed by atoms with Gasteiger partial charge in [-0.1, -0.05) is 30.3 Å². The molecule has 10 heteroatoms. The number of hydrogen-bond donors (Lipinski definition) is 1. The van der Waals surface area contributed by atoms with E-state index in [1.807, 2.05) is 48.3 Å². The van der Waals surface area contributed by atoms with Crippen molar-refractivity contribution in [3.63, 3.8) is 0 Å². The average molecular weight is 577 g/mol. The third-order valence-corrected chi connectivity index (χ3v) is 7.24. The number of benzene rings is 3. The molecule has 0 atom stereocenters. The third kappa shape index (κ3) is 5.80. The Morgan fingerprint density at radius 1 is 0.860 bits per heavy atom. The lowest BCUT2D eigenvalue weighted by Crippen LogP contribution is -2.32. The Balaban J connectivity index is 1.20. The van der Waals surface area contributed by atoms with Crippen molar-refractivity contribution >= 4 is 33.5 Å². The van der Waals surface area contributed by atoms with Crippen LogP contribution in [0.3, 0.4) is 0 Å². The van der Waals surface area contributed by atoms with E-state index in [0.29, 0.717) is 12.1 Å². The Bertz CT molecular complexity index is 2040. The van der Waals surface area contributed by atoms with Gasteiger partial charge in [0.15, 0.2) is 11.6 Å². The van der Waals surface area contributed by atoms with Crippen LogP contribution in [0.25, 0.3) is 21.8 Å². The highest BCUT2D eigenvalue weighted by molar-refractivity contribution is 5.94. The van der Waals surface area contributed by atoms with Gasteiger partial charge < -0.3 is 14.8 Å². The summed E-state index contributed by atoms with van der Waals surface area (Å²) in [5, 5.41) is 4.71. The van der Waals surface area contributed by atoms with Crippen molar-refractivity contribution in [1.29, 1.82) is 0 Å². The van der Waals surface area contributed by atoms with Crippen molar-refractivity contribution in [2.45, 2.75) is 19.6 Å². The second-order valence-electron chi connectivity index (χ2n) is 10.2. The molecule has 3 aromatic carbocycles. The van der Waals surface area contributed by atoms with E-state index in [4.69, 9.17) is 0 Å². The van der Waals surface area contributed by atoms with Crippen molar-refractivity contribution < 1.29 is 13.6 Å². The highest BCUT2D eigenvalue weighted by Crippen LogP contribution is 2.26. The lowest BCUT2D eigenvalue weighted by atomic mass is 10.1. The summed E-state index contributed by atoms with van der Waals surface area (Å²) in [5.74, 6) is -1.77. The summed E-state index contributed by atoms with van der Waals surface area (Å²) in [6.07, 6.45) is 4.80. The van der Waals surface area contributed by atoms with E-state index in [1.165, 1.54) is 29.2 Å². The molecule has 0 fully saturated rings. The molecule has 6 rings (SSSR count). The molecule has 1 N–H and O–H groups in total. The van der Waals surface area contributed by atoms with Gasteiger partial charge in [-0.15, -0.1) is 0 Å². The van der Waals surface area contributed by atoms with Gasteiger partial charge in [-0.3, -0.25) is 14.6 Å². The molecule has 0 aliphatic carbocycles. The van der Waals surface area contributed by atoms with E-state index >= 15 is 0 Å². The summed E-state index contributed by atoms with van der Waals surface area (Å²) < 4.78 is 28.2. The third-order valence-electron chi connectivity index (χ3n) is 7.24. The van der Waals surface area contributed by atoms with E-state index in [2.05, 4.69) is 32.4 Å².